The summed E-state index contributed by atoms with van der Waals surface area (Å²) in [5, 5.41) is 0. The van der Waals surface area contributed by atoms with Crippen LogP contribution in [-0.4, -0.2) is 40.7 Å². The summed E-state index contributed by atoms with van der Waals surface area (Å²) in [5.41, 5.74) is -5.12. The summed E-state index contributed by atoms with van der Waals surface area (Å²) in [7, 11) is 0. The zero-order valence-corrected chi connectivity index (χ0v) is 17.3. The van der Waals surface area contributed by atoms with Gasteiger partial charge in [0.15, 0.2) is 11.4 Å². The topological polar surface area (TPSA) is 60.8 Å². The van der Waals surface area contributed by atoms with E-state index < -0.39 is 59.1 Å². The van der Waals surface area contributed by atoms with Gasteiger partial charge in [0.2, 0.25) is 0 Å². The highest BCUT2D eigenvalue weighted by Gasteiger charge is 2.70. The van der Waals surface area contributed by atoms with Crippen molar-refractivity contribution in [1.82, 2.24) is 4.98 Å². The van der Waals surface area contributed by atoms with Crippen molar-refractivity contribution in [2.24, 2.45) is 4.99 Å². The Hall–Kier alpha value is -1.85. The van der Waals surface area contributed by atoms with Crippen molar-refractivity contribution < 1.29 is 40.6 Å². The standard InChI is InChI=1S/C17H17BrF6N2O3/c1-14(2,3)29-11(27)7-10-26-15(4,12-8(19)5-6-9(18)25-12)16(20,21)13(28-10)17(22,23)24/h5-6,13H,7H2,1-4H3/t13-,15+/m0/s1. The average molecular weight is 491 g/mol. The molecule has 0 saturated heterocycles. The Morgan fingerprint density at radius 1 is 1.28 bits per heavy atom. The second-order valence-corrected chi connectivity index (χ2v) is 8.28. The Labute approximate surface area is 170 Å². The van der Waals surface area contributed by atoms with Crippen molar-refractivity contribution in [2.75, 3.05) is 0 Å². The molecule has 5 nitrogen and oxygen atoms in total. The molecule has 0 saturated carbocycles. The second-order valence-electron chi connectivity index (χ2n) is 7.47. The molecule has 1 aliphatic rings. The summed E-state index contributed by atoms with van der Waals surface area (Å²) >= 11 is 2.87. The first kappa shape index (κ1) is 23.4. The van der Waals surface area contributed by atoms with E-state index in [9.17, 15) is 31.1 Å². The molecule has 0 N–H and O–H groups in total. The third kappa shape index (κ3) is 4.84. The van der Waals surface area contributed by atoms with Crippen LogP contribution in [0.5, 0.6) is 0 Å². The summed E-state index contributed by atoms with van der Waals surface area (Å²) in [5.74, 6) is -8.04. The van der Waals surface area contributed by atoms with Gasteiger partial charge in [0, 0.05) is 0 Å². The fraction of sp³-hybridized carbons (Fsp3) is 0.588. The molecule has 2 rings (SSSR count). The minimum Gasteiger partial charge on any atom is -0.461 e. The summed E-state index contributed by atoms with van der Waals surface area (Å²) in [6.45, 7) is 5.12. The fourth-order valence-corrected chi connectivity index (χ4v) is 2.95. The molecule has 2 heterocycles. The van der Waals surface area contributed by atoms with Crippen LogP contribution in [0.25, 0.3) is 0 Å². The van der Waals surface area contributed by atoms with Gasteiger partial charge in [-0.3, -0.25) is 4.79 Å². The fourth-order valence-electron chi connectivity index (χ4n) is 2.64. The number of hydrogen-bond donors (Lipinski definition) is 0. The molecular weight excluding hydrogens is 474 g/mol. The number of esters is 1. The Morgan fingerprint density at radius 2 is 1.86 bits per heavy atom. The first-order chi connectivity index (χ1) is 13.0. The Kier molecular flexibility index (Phi) is 6.01. The predicted molar refractivity (Wildman–Crippen MR) is 93.0 cm³/mol. The number of alkyl halides is 5. The monoisotopic (exact) mass is 490 g/mol. The second kappa shape index (κ2) is 7.44. The minimum absolute atomic E-state index is 0.0927. The van der Waals surface area contributed by atoms with Gasteiger partial charge in [-0.05, 0) is 55.8 Å². The molecule has 0 aliphatic carbocycles. The summed E-state index contributed by atoms with van der Waals surface area (Å²) in [6, 6.07) is 1.85. The zero-order chi connectivity index (χ0) is 22.4. The van der Waals surface area contributed by atoms with Crippen LogP contribution in [0.3, 0.4) is 0 Å². The SMILES string of the molecule is CC(C)(C)OC(=O)CC1=N[C@](C)(c2nc(Br)ccc2F)C(F)(F)[C@@H](C(F)(F)F)O1. The van der Waals surface area contributed by atoms with Crippen molar-refractivity contribution in [2.45, 2.75) is 63.5 Å². The molecule has 12 heteroatoms. The Bertz CT molecular complexity index is 837. The van der Waals surface area contributed by atoms with Crippen LogP contribution >= 0.6 is 15.9 Å². The van der Waals surface area contributed by atoms with Gasteiger partial charge in [0.1, 0.15) is 28.1 Å². The molecule has 0 bridgehead atoms. The van der Waals surface area contributed by atoms with Crippen LogP contribution < -0.4 is 0 Å². The number of aromatic nitrogens is 1. The highest BCUT2D eigenvalue weighted by molar-refractivity contribution is 9.10. The van der Waals surface area contributed by atoms with Gasteiger partial charge >= 0.3 is 18.1 Å². The summed E-state index contributed by atoms with van der Waals surface area (Å²) < 4.78 is 93.4. The van der Waals surface area contributed by atoms with Crippen molar-refractivity contribution in [3.63, 3.8) is 0 Å². The zero-order valence-electron chi connectivity index (χ0n) is 15.7. The van der Waals surface area contributed by atoms with Crippen molar-refractivity contribution in [3.8, 4) is 0 Å². The van der Waals surface area contributed by atoms with Crippen LogP contribution in [0.2, 0.25) is 0 Å². The third-order valence-corrected chi connectivity index (χ3v) is 4.31. The highest BCUT2D eigenvalue weighted by atomic mass is 79.9. The van der Waals surface area contributed by atoms with Gasteiger partial charge < -0.3 is 9.47 Å². The Balaban J connectivity index is 2.61. The predicted octanol–water partition coefficient (Wildman–Crippen LogP) is 4.93. The lowest BCUT2D eigenvalue weighted by molar-refractivity contribution is -0.288. The molecule has 0 radical (unpaired) electrons. The molecule has 0 spiro atoms. The van der Waals surface area contributed by atoms with Crippen LogP contribution in [-0.2, 0) is 19.8 Å². The molecule has 0 fully saturated rings. The smallest absolute Gasteiger partial charge is 0.431 e. The lowest BCUT2D eigenvalue weighted by atomic mass is 9.84. The maximum atomic E-state index is 14.9. The van der Waals surface area contributed by atoms with Gasteiger partial charge in [-0.1, -0.05) is 0 Å². The van der Waals surface area contributed by atoms with Gasteiger partial charge in [-0.25, -0.2) is 14.4 Å². The number of nitrogens with zero attached hydrogens (tertiary/aromatic N) is 2. The van der Waals surface area contributed by atoms with Crippen molar-refractivity contribution >= 4 is 27.8 Å². The maximum Gasteiger partial charge on any atom is 0.431 e. The molecule has 162 valence electrons. The van der Waals surface area contributed by atoms with E-state index in [1.54, 1.807) is 0 Å². The molecule has 1 aromatic heterocycles. The minimum atomic E-state index is -5.54. The number of carbonyl (C=O) groups excluding carboxylic acids is 1. The van der Waals surface area contributed by atoms with E-state index >= 15 is 0 Å². The Morgan fingerprint density at radius 3 is 2.38 bits per heavy atom. The van der Waals surface area contributed by atoms with E-state index in [-0.39, 0.29) is 4.60 Å². The van der Waals surface area contributed by atoms with Crippen LogP contribution in [0.15, 0.2) is 21.7 Å². The first-order valence-electron chi connectivity index (χ1n) is 8.21. The molecule has 29 heavy (non-hydrogen) atoms. The van der Waals surface area contributed by atoms with E-state index in [2.05, 4.69) is 30.6 Å². The van der Waals surface area contributed by atoms with Crippen molar-refractivity contribution in [1.29, 1.82) is 0 Å². The van der Waals surface area contributed by atoms with E-state index in [0.29, 0.717) is 6.92 Å². The van der Waals surface area contributed by atoms with Gasteiger partial charge in [0.25, 0.3) is 6.10 Å². The largest absolute Gasteiger partial charge is 0.461 e. The van der Waals surface area contributed by atoms with E-state index in [4.69, 9.17) is 4.74 Å². The van der Waals surface area contributed by atoms with E-state index in [1.807, 2.05) is 0 Å². The number of rotatable bonds is 3. The maximum absolute atomic E-state index is 14.9. The number of hydrogen-bond acceptors (Lipinski definition) is 5. The van der Waals surface area contributed by atoms with Gasteiger partial charge in [0.05, 0.1) is 0 Å². The van der Waals surface area contributed by atoms with Gasteiger partial charge in [-0.15, -0.1) is 0 Å². The van der Waals surface area contributed by atoms with Crippen LogP contribution in [0.4, 0.5) is 26.3 Å². The molecule has 0 unspecified atom stereocenters. The normalized spacial score (nSPS) is 24.5. The number of pyridine rings is 1. The molecule has 1 aromatic rings. The lowest BCUT2D eigenvalue weighted by Crippen LogP contribution is -2.61. The summed E-state index contributed by atoms with van der Waals surface area (Å²) in [4.78, 5) is 19.0. The molecular formula is C17H17BrF6N2O3. The van der Waals surface area contributed by atoms with Gasteiger partial charge in [-0.2, -0.15) is 22.0 Å². The molecule has 0 aromatic carbocycles. The highest BCUT2D eigenvalue weighted by Crippen LogP contribution is 2.51. The number of aliphatic imine (C=N–C) groups is 1. The first-order valence-corrected chi connectivity index (χ1v) is 9.01. The van der Waals surface area contributed by atoms with E-state index in [0.717, 1.165) is 12.1 Å². The quantitative estimate of drug-likeness (QED) is 0.342. The molecule has 2 atom stereocenters. The number of halogens is 7. The number of ether oxygens (including phenoxy) is 2. The third-order valence-electron chi connectivity index (χ3n) is 3.87. The van der Waals surface area contributed by atoms with E-state index in [1.165, 1.54) is 20.8 Å². The van der Waals surface area contributed by atoms with Crippen LogP contribution in [0.1, 0.15) is 39.8 Å². The lowest BCUT2D eigenvalue weighted by Gasteiger charge is -2.42. The molecule has 0 amide bonds. The summed E-state index contributed by atoms with van der Waals surface area (Å²) in [6.07, 6.45) is -10.2. The molecule has 1 aliphatic heterocycles. The average Bonchev–Trinajstić information content (AvgIpc) is 2.50. The van der Waals surface area contributed by atoms with Crippen molar-refractivity contribution in [3.05, 3.63) is 28.2 Å². The van der Waals surface area contributed by atoms with Crippen LogP contribution in [0, 0.1) is 5.82 Å². The number of carbonyl (C=O) groups is 1.